The van der Waals surface area contributed by atoms with Crippen molar-refractivity contribution in [3.63, 3.8) is 0 Å². The van der Waals surface area contributed by atoms with Crippen LogP contribution in [0.25, 0.3) is 0 Å². The monoisotopic (exact) mass is 285 g/mol. The van der Waals surface area contributed by atoms with Crippen LogP contribution in [0.15, 0.2) is 47.5 Å². The number of aryl methyl sites for hydroxylation is 1. The first-order valence-corrected chi connectivity index (χ1v) is 8.28. The highest BCUT2D eigenvalue weighted by Crippen LogP contribution is 2.41. The van der Waals surface area contributed by atoms with Gasteiger partial charge in [0.1, 0.15) is 0 Å². The van der Waals surface area contributed by atoms with E-state index in [2.05, 4.69) is 23.4 Å². The average molecular weight is 285 g/mol. The molecule has 0 saturated carbocycles. The highest BCUT2D eigenvalue weighted by atomic mass is 32.2. The maximum absolute atomic E-state index is 10.9. The molecule has 1 aliphatic rings. The molecule has 0 bridgehead atoms. The second-order valence-corrected chi connectivity index (χ2v) is 6.08. The van der Waals surface area contributed by atoms with E-state index in [1.54, 1.807) is 11.8 Å². The van der Waals surface area contributed by atoms with Crippen LogP contribution in [0.3, 0.4) is 0 Å². The van der Waals surface area contributed by atoms with E-state index in [0.717, 1.165) is 35.4 Å². The van der Waals surface area contributed by atoms with Crippen molar-refractivity contribution >= 4 is 11.8 Å². The lowest BCUT2D eigenvalue weighted by molar-refractivity contribution is 0.131. The topological polar surface area (TPSA) is 33.1 Å². The van der Waals surface area contributed by atoms with Crippen molar-refractivity contribution in [2.75, 3.05) is 6.26 Å². The molecule has 20 heavy (non-hydrogen) atoms. The Morgan fingerprint density at radius 3 is 2.95 bits per heavy atom. The van der Waals surface area contributed by atoms with Crippen LogP contribution in [0.4, 0.5) is 0 Å². The number of nitrogens with zero attached hydrogens (tertiary/aromatic N) is 1. The molecule has 2 nitrogen and oxygen atoms in total. The van der Waals surface area contributed by atoms with Crippen molar-refractivity contribution < 1.29 is 5.11 Å². The Bertz CT molecular complexity index is 599. The van der Waals surface area contributed by atoms with Crippen LogP contribution in [0, 0.1) is 0 Å². The third-order valence-corrected chi connectivity index (χ3v) is 4.89. The molecule has 1 aromatic heterocycles. The number of pyridine rings is 1. The number of rotatable bonds is 3. The minimum absolute atomic E-state index is 0.119. The van der Waals surface area contributed by atoms with Crippen LogP contribution in [0.1, 0.15) is 41.7 Å². The molecule has 0 aliphatic heterocycles. The second-order valence-electron chi connectivity index (χ2n) is 5.23. The Kier molecular flexibility index (Phi) is 4.08. The number of aromatic nitrogens is 1. The van der Waals surface area contributed by atoms with Crippen molar-refractivity contribution in [2.45, 2.75) is 36.2 Å². The van der Waals surface area contributed by atoms with E-state index in [1.165, 1.54) is 5.56 Å². The largest absolute Gasteiger partial charge is 0.388 e. The van der Waals surface area contributed by atoms with Crippen molar-refractivity contribution in [2.24, 2.45) is 0 Å². The number of hydrogen-bond acceptors (Lipinski definition) is 3. The molecule has 104 valence electrons. The van der Waals surface area contributed by atoms with E-state index in [4.69, 9.17) is 0 Å². The smallest absolute Gasteiger partial charge is 0.0884 e. The Balaban J connectivity index is 1.97. The summed E-state index contributed by atoms with van der Waals surface area (Å²) in [6.45, 7) is 0. The highest BCUT2D eigenvalue weighted by Gasteiger charge is 2.29. The summed E-state index contributed by atoms with van der Waals surface area (Å²) in [4.78, 5) is 5.69. The van der Waals surface area contributed by atoms with Crippen LogP contribution in [-0.2, 0) is 6.42 Å². The summed E-state index contributed by atoms with van der Waals surface area (Å²) in [6.07, 6.45) is 6.64. The summed E-state index contributed by atoms with van der Waals surface area (Å²) >= 11 is 1.69. The first kappa shape index (κ1) is 13.7. The molecule has 0 amide bonds. The normalized spacial score (nSPS) is 19.4. The maximum Gasteiger partial charge on any atom is 0.0884 e. The summed E-state index contributed by atoms with van der Waals surface area (Å²) in [5, 5.41) is 10.9. The van der Waals surface area contributed by atoms with E-state index >= 15 is 0 Å². The van der Waals surface area contributed by atoms with Gasteiger partial charge in [-0.1, -0.05) is 24.3 Å². The van der Waals surface area contributed by atoms with Gasteiger partial charge < -0.3 is 5.11 Å². The summed E-state index contributed by atoms with van der Waals surface area (Å²) < 4.78 is 0. The molecule has 0 spiro atoms. The van der Waals surface area contributed by atoms with Gasteiger partial charge in [-0.25, -0.2) is 0 Å². The minimum atomic E-state index is -0.465. The Morgan fingerprint density at radius 1 is 1.25 bits per heavy atom. The van der Waals surface area contributed by atoms with Gasteiger partial charge in [-0.05, 0) is 48.8 Å². The van der Waals surface area contributed by atoms with Crippen LogP contribution in [0.5, 0.6) is 0 Å². The molecule has 0 saturated heterocycles. The molecule has 0 radical (unpaired) electrons. The van der Waals surface area contributed by atoms with E-state index in [-0.39, 0.29) is 5.92 Å². The summed E-state index contributed by atoms with van der Waals surface area (Å²) in [6, 6.07) is 12.3. The van der Waals surface area contributed by atoms with Crippen molar-refractivity contribution in [3.05, 3.63) is 59.4 Å². The quantitative estimate of drug-likeness (QED) is 0.867. The van der Waals surface area contributed by atoms with Gasteiger partial charge >= 0.3 is 0 Å². The lowest BCUT2D eigenvalue weighted by atomic mass is 9.81. The predicted octanol–water partition coefficient (Wildman–Crippen LogP) is 3.96. The summed E-state index contributed by atoms with van der Waals surface area (Å²) in [5.41, 5.74) is 3.41. The zero-order valence-corrected chi connectivity index (χ0v) is 12.4. The molecule has 2 atom stereocenters. The standard InChI is InChI=1S/C17H19NOS/c1-20-15-10-3-2-8-13(15)17(19)14-9-4-6-12-7-5-11-18-16(12)14/h2-3,5,7-8,10-11,14,17,19H,4,6,9H2,1H3. The Labute approximate surface area is 124 Å². The fourth-order valence-electron chi connectivity index (χ4n) is 3.08. The molecular weight excluding hydrogens is 266 g/mol. The SMILES string of the molecule is CSc1ccccc1C(O)C1CCCc2cccnc21. The third-order valence-electron chi connectivity index (χ3n) is 4.08. The fraction of sp³-hybridized carbons (Fsp3) is 0.353. The van der Waals surface area contributed by atoms with Crippen molar-refractivity contribution in [1.82, 2.24) is 4.98 Å². The van der Waals surface area contributed by atoms with E-state index in [1.807, 2.05) is 30.5 Å². The Hall–Kier alpha value is -1.32. The van der Waals surface area contributed by atoms with Gasteiger partial charge in [0.25, 0.3) is 0 Å². The lowest BCUT2D eigenvalue weighted by Crippen LogP contribution is -2.19. The van der Waals surface area contributed by atoms with E-state index in [0.29, 0.717) is 0 Å². The van der Waals surface area contributed by atoms with Crippen molar-refractivity contribution in [1.29, 1.82) is 0 Å². The number of thioether (sulfide) groups is 1. The van der Waals surface area contributed by atoms with Gasteiger partial charge in [0.05, 0.1) is 6.10 Å². The van der Waals surface area contributed by atoms with Crippen LogP contribution < -0.4 is 0 Å². The lowest BCUT2D eigenvalue weighted by Gasteiger charge is -2.29. The first-order chi connectivity index (χ1) is 9.81. The minimum Gasteiger partial charge on any atom is -0.388 e. The van der Waals surface area contributed by atoms with Gasteiger partial charge in [-0.3, -0.25) is 4.98 Å². The predicted molar refractivity (Wildman–Crippen MR) is 83.1 cm³/mol. The van der Waals surface area contributed by atoms with Crippen LogP contribution in [-0.4, -0.2) is 16.3 Å². The number of benzene rings is 1. The van der Waals surface area contributed by atoms with Gasteiger partial charge in [-0.2, -0.15) is 0 Å². The number of aliphatic hydroxyl groups excluding tert-OH is 1. The van der Waals surface area contributed by atoms with Crippen molar-refractivity contribution in [3.8, 4) is 0 Å². The molecule has 2 unspecified atom stereocenters. The third kappa shape index (κ3) is 2.48. The molecule has 3 heteroatoms. The number of fused-ring (bicyclic) bond motifs is 1. The fourth-order valence-corrected chi connectivity index (χ4v) is 3.72. The number of aliphatic hydroxyl groups is 1. The first-order valence-electron chi connectivity index (χ1n) is 7.06. The van der Waals surface area contributed by atoms with E-state index < -0.39 is 6.10 Å². The molecule has 1 aromatic carbocycles. The maximum atomic E-state index is 10.9. The molecule has 1 N–H and O–H groups in total. The molecule has 0 fully saturated rings. The molecule has 3 rings (SSSR count). The van der Waals surface area contributed by atoms with Gasteiger partial charge in [0, 0.05) is 22.7 Å². The highest BCUT2D eigenvalue weighted by molar-refractivity contribution is 7.98. The van der Waals surface area contributed by atoms with E-state index in [9.17, 15) is 5.11 Å². The van der Waals surface area contributed by atoms with Crippen LogP contribution in [0.2, 0.25) is 0 Å². The van der Waals surface area contributed by atoms with Crippen LogP contribution >= 0.6 is 11.8 Å². The Morgan fingerprint density at radius 2 is 2.10 bits per heavy atom. The second kappa shape index (κ2) is 5.98. The van der Waals surface area contributed by atoms with Gasteiger partial charge in [0.15, 0.2) is 0 Å². The molecule has 2 aromatic rings. The summed E-state index contributed by atoms with van der Waals surface area (Å²) in [7, 11) is 0. The summed E-state index contributed by atoms with van der Waals surface area (Å²) in [5.74, 6) is 0.119. The average Bonchev–Trinajstić information content (AvgIpc) is 2.53. The van der Waals surface area contributed by atoms with Gasteiger partial charge in [-0.15, -0.1) is 11.8 Å². The molecular formula is C17H19NOS. The van der Waals surface area contributed by atoms with Gasteiger partial charge in [0.2, 0.25) is 0 Å². The zero-order valence-electron chi connectivity index (χ0n) is 11.6. The molecule has 1 heterocycles. The number of hydrogen-bond donors (Lipinski definition) is 1. The zero-order chi connectivity index (χ0) is 13.9. The molecule has 1 aliphatic carbocycles.